The van der Waals surface area contributed by atoms with Gasteiger partial charge < -0.3 is 19.0 Å². The van der Waals surface area contributed by atoms with Gasteiger partial charge in [0, 0.05) is 25.7 Å². The monoisotopic (exact) mass is 357 g/mol. The molecule has 136 valence electrons. The lowest BCUT2D eigenvalue weighted by molar-refractivity contribution is 0.103. The Balaban J connectivity index is 2.15. The fourth-order valence-corrected chi connectivity index (χ4v) is 2.81. The van der Waals surface area contributed by atoms with Crippen molar-refractivity contribution in [3.05, 3.63) is 59.0 Å². The maximum Gasteiger partial charge on any atom is 0.259 e. The zero-order valence-corrected chi connectivity index (χ0v) is 14.8. The van der Waals surface area contributed by atoms with Crippen LogP contribution in [0.15, 0.2) is 47.7 Å². The van der Waals surface area contributed by atoms with Crippen LogP contribution in [-0.2, 0) is 11.3 Å². The van der Waals surface area contributed by atoms with E-state index in [4.69, 9.17) is 9.47 Å². The zero-order valence-electron chi connectivity index (χ0n) is 14.8. The van der Waals surface area contributed by atoms with Crippen molar-refractivity contribution in [1.29, 1.82) is 0 Å². The van der Waals surface area contributed by atoms with E-state index in [1.165, 1.54) is 25.4 Å². The lowest BCUT2D eigenvalue weighted by atomic mass is 10.0. The standard InChI is InChI=1S/C19H20FN3O3/c1-12(25-2)11-23-9-8-21-18(23)17-14(6-7-22-19(17)24)13-4-5-16(26-3)15(20)10-13/h4-10,12H,11H2,1-3H3,(H,22,24). The Morgan fingerprint density at radius 2 is 2.12 bits per heavy atom. The molecule has 0 fully saturated rings. The number of methoxy groups -OCH3 is 2. The SMILES string of the molecule is COc1ccc(-c2cc[nH]c(=O)c2-c2nccn2CC(C)OC)cc1F. The largest absolute Gasteiger partial charge is 0.494 e. The second kappa shape index (κ2) is 7.53. The van der Waals surface area contributed by atoms with Crippen molar-refractivity contribution in [3.63, 3.8) is 0 Å². The number of pyridine rings is 1. The molecule has 2 aromatic heterocycles. The van der Waals surface area contributed by atoms with Crippen molar-refractivity contribution in [1.82, 2.24) is 14.5 Å². The quantitative estimate of drug-likeness (QED) is 0.736. The van der Waals surface area contributed by atoms with Crippen LogP contribution in [0.2, 0.25) is 0 Å². The van der Waals surface area contributed by atoms with E-state index < -0.39 is 5.82 Å². The molecular formula is C19H20FN3O3. The number of hydrogen-bond acceptors (Lipinski definition) is 4. The Bertz CT molecular complexity index is 965. The lowest BCUT2D eigenvalue weighted by Gasteiger charge is -2.15. The maximum absolute atomic E-state index is 14.2. The van der Waals surface area contributed by atoms with Gasteiger partial charge in [0.05, 0.1) is 25.3 Å². The van der Waals surface area contributed by atoms with Crippen molar-refractivity contribution < 1.29 is 13.9 Å². The minimum atomic E-state index is -0.493. The van der Waals surface area contributed by atoms with Crippen LogP contribution in [0.25, 0.3) is 22.5 Å². The molecule has 0 saturated heterocycles. The van der Waals surface area contributed by atoms with Crippen molar-refractivity contribution in [2.75, 3.05) is 14.2 Å². The van der Waals surface area contributed by atoms with Crippen LogP contribution in [0.3, 0.4) is 0 Å². The summed E-state index contributed by atoms with van der Waals surface area (Å²) in [6.07, 6.45) is 4.90. The van der Waals surface area contributed by atoms with Gasteiger partial charge in [-0.3, -0.25) is 4.79 Å². The number of rotatable bonds is 6. The Kier molecular flexibility index (Phi) is 5.18. The summed E-state index contributed by atoms with van der Waals surface area (Å²) in [6.45, 7) is 2.47. The van der Waals surface area contributed by atoms with E-state index in [2.05, 4.69) is 9.97 Å². The molecule has 0 aliphatic rings. The van der Waals surface area contributed by atoms with Gasteiger partial charge in [-0.1, -0.05) is 6.07 Å². The molecule has 3 aromatic rings. The van der Waals surface area contributed by atoms with Crippen molar-refractivity contribution in [2.24, 2.45) is 0 Å². The smallest absolute Gasteiger partial charge is 0.259 e. The molecule has 0 bridgehead atoms. The van der Waals surface area contributed by atoms with Gasteiger partial charge in [0.25, 0.3) is 5.56 Å². The average Bonchev–Trinajstić information content (AvgIpc) is 3.08. The van der Waals surface area contributed by atoms with Crippen molar-refractivity contribution >= 4 is 0 Å². The molecular weight excluding hydrogens is 337 g/mol. The van der Waals surface area contributed by atoms with Gasteiger partial charge in [-0.05, 0) is 36.2 Å². The second-order valence-electron chi connectivity index (χ2n) is 5.89. The van der Waals surface area contributed by atoms with E-state index in [1.54, 1.807) is 31.6 Å². The third kappa shape index (κ3) is 3.39. The van der Waals surface area contributed by atoms with Crippen molar-refractivity contribution in [3.8, 4) is 28.3 Å². The average molecular weight is 357 g/mol. The summed E-state index contributed by atoms with van der Waals surface area (Å²) >= 11 is 0. The van der Waals surface area contributed by atoms with Gasteiger partial charge in [-0.25, -0.2) is 9.37 Å². The Morgan fingerprint density at radius 1 is 1.31 bits per heavy atom. The lowest BCUT2D eigenvalue weighted by Crippen LogP contribution is -2.18. The third-order valence-corrected chi connectivity index (χ3v) is 4.22. The van der Waals surface area contributed by atoms with Gasteiger partial charge in [0.1, 0.15) is 5.82 Å². The summed E-state index contributed by atoms with van der Waals surface area (Å²) in [5.41, 5.74) is 1.24. The molecule has 3 rings (SSSR count). The predicted octanol–water partition coefficient (Wildman–Crippen LogP) is 3.09. The molecule has 1 N–H and O–H groups in total. The van der Waals surface area contributed by atoms with Crippen LogP contribution in [0.5, 0.6) is 5.75 Å². The van der Waals surface area contributed by atoms with Crippen LogP contribution >= 0.6 is 0 Å². The second-order valence-corrected chi connectivity index (χ2v) is 5.89. The van der Waals surface area contributed by atoms with Crippen LogP contribution in [0.4, 0.5) is 4.39 Å². The summed E-state index contributed by atoms with van der Waals surface area (Å²) in [4.78, 5) is 19.6. The van der Waals surface area contributed by atoms with Gasteiger partial charge in [-0.2, -0.15) is 0 Å². The molecule has 1 aromatic carbocycles. The molecule has 0 radical (unpaired) electrons. The third-order valence-electron chi connectivity index (χ3n) is 4.22. The first-order valence-corrected chi connectivity index (χ1v) is 8.15. The summed E-state index contributed by atoms with van der Waals surface area (Å²) in [5, 5.41) is 0. The number of halogens is 1. The molecule has 0 amide bonds. The first-order valence-electron chi connectivity index (χ1n) is 8.15. The minimum absolute atomic E-state index is 0.0485. The first-order chi connectivity index (χ1) is 12.5. The molecule has 0 aliphatic heterocycles. The number of benzene rings is 1. The number of nitrogens with zero attached hydrogens (tertiary/aromatic N) is 2. The van der Waals surface area contributed by atoms with E-state index in [0.717, 1.165) is 0 Å². The first kappa shape index (κ1) is 17.9. The molecule has 1 atom stereocenters. The highest BCUT2D eigenvalue weighted by atomic mass is 19.1. The number of imidazole rings is 1. The summed E-state index contributed by atoms with van der Waals surface area (Å²) in [5.74, 6) is 0.158. The Hall–Kier alpha value is -2.93. The normalized spacial score (nSPS) is 12.2. The van der Waals surface area contributed by atoms with Crippen LogP contribution in [-0.4, -0.2) is 34.9 Å². The number of hydrogen-bond donors (Lipinski definition) is 1. The van der Waals surface area contributed by atoms with Gasteiger partial charge in [0.2, 0.25) is 0 Å². The Labute approximate surface area is 150 Å². The fraction of sp³-hybridized carbons (Fsp3) is 0.263. The van der Waals surface area contributed by atoms with E-state index in [9.17, 15) is 9.18 Å². The van der Waals surface area contributed by atoms with Crippen LogP contribution < -0.4 is 10.3 Å². The molecule has 2 heterocycles. The number of aromatic amines is 1. The Morgan fingerprint density at radius 3 is 2.81 bits per heavy atom. The van der Waals surface area contributed by atoms with Gasteiger partial charge >= 0.3 is 0 Å². The van der Waals surface area contributed by atoms with E-state index >= 15 is 0 Å². The molecule has 6 nitrogen and oxygen atoms in total. The van der Waals surface area contributed by atoms with E-state index in [-0.39, 0.29) is 17.4 Å². The highest BCUT2D eigenvalue weighted by molar-refractivity contribution is 5.80. The van der Waals surface area contributed by atoms with E-state index in [1.807, 2.05) is 11.5 Å². The van der Waals surface area contributed by atoms with Crippen LogP contribution in [0, 0.1) is 5.82 Å². The molecule has 0 spiro atoms. The minimum Gasteiger partial charge on any atom is -0.494 e. The molecule has 7 heteroatoms. The molecule has 0 aliphatic carbocycles. The summed E-state index contributed by atoms with van der Waals surface area (Å²) < 4.78 is 26.3. The van der Waals surface area contributed by atoms with E-state index in [0.29, 0.717) is 29.1 Å². The van der Waals surface area contributed by atoms with Gasteiger partial charge in [-0.15, -0.1) is 0 Å². The predicted molar refractivity (Wildman–Crippen MR) is 96.7 cm³/mol. The highest BCUT2D eigenvalue weighted by Gasteiger charge is 2.18. The van der Waals surface area contributed by atoms with Crippen LogP contribution in [0.1, 0.15) is 6.92 Å². The molecule has 0 saturated carbocycles. The molecule has 1 unspecified atom stereocenters. The number of H-pyrrole nitrogens is 1. The highest BCUT2D eigenvalue weighted by Crippen LogP contribution is 2.31. The maximum atomic E-state index is 14.2. The topological polar surface area (TPSA) is 69.1 Å². The summed E-state index contributed by atoms with van der Waals surface area (Å²) in [6, 6.07) is 6.33. The summed E-state index contributed by atoms with van der Waals surface area (Å²) in [7, 11) is 3.03. The number of ether oxygens (including phenoxy) is 2. The molecule has 26 heavy (non-hydrogen) atoms. The fourth-order valence-electron chi connectivity index (χ4n) is 2.81. The zero-order chi connectivity index (χ0) is 18.7. The number of aromatic nitrogens is 3. The van der Waals surface area contributed by atoms with Gasteiger partial charge in [0.15, 0.2) is 11.6 Å². The van der Waals surface area contributed by atoms with Crippen molar-refractivity contribution in [2.45, 2.75) is 19.6 Å². The number of nitrogens with one attached hydrogen (secondary N) is 1.